The third-order valence-corrected chi connectivity index (χ3v) is 4.33. The summed E-state index contributed by atoms with van der Waals surface area (Å²) >= 11 is 0. The Morgan fingerprint density at radius 3 is 2.41 bits per heavy atom. The van der Waals surface area contributed by atoms with Crippen molar-refractivity contribution in [2.24, 2.45) is 5.92 Å². The molecule has 1 aliphatic rings. The molecule has 0 spiro atoms. The summed E-state index contributed by atoms with van der Waals surface area (Å²) in [6, 6.07) is 10.1. The van der Waals surface area contributed by atoms with Crippen molar-refractivity contribution in [3.05, 3.63) is 35.4 Å². The molecule has 1 aromatic carbocycles. The van der Waals surface area contributed by atoms with Gasteiger partial charge in [0, 0.05) is 6.04 Å². The van der Waals surface area contributed by atoms with Crippen molar-refractivity contribution >= 4 is 0 Å². The van der Waals surface area contributed by atoms with Gasteiger partial charge in [-0.2, -0.15) is 0 Å². The maximum Gasteiger partial charge on any atom is 0.0104 e. The number of rotatable bonds is 5. The van der Waals surface area contributed by atoms with Gasteiger partial charge in [0.1, 0.15) is 0 Å². The summed E-state index contributed by atoms with van der Waals surface area (Å²) in [4.78, 5) is 0. The lowest BCUT2D eigenvalue weighted by Crippen LogP contribution is -2.47. The van der Waals surface area contributed by atoms with Crippen molar-refractivity contribution < 1.29 is 0 Å². The molecule has 1 aliphatic carbocycles. The van der Waals surface area contributed by atoms with Gasteiger partial charge in [-0.3, -0.25) is 0 Å². The van der Waals surface area contributed by atoms with Crippen LogP contribution >= 0.6 is 0 Å². The Morgan fingerprint density at radius 2 is 1.88 bits per heavy atom. The topological polar surface area (TPSA) is 12.0 Å². The van der Waals surface area contributed by atoms with Gasteiger partial charge in [-0.1, -0.05) is 51.0 Å². The number of nitrogens with one attached hydrogen (secondary N) is 1. The summed E-state index contributed by atoms with van der Waals surface area (Å²) < 4.78 is 0. The Balaban J connectivity index is 2.03. The van der Waals surface area contributed by atoms with Crippen LogP contribution in [0.4, 0.5) is 0 Å². The monoisotopic (exact) mass is 231 g/mol. The van der Waals surface area contributed by atoms with E-state index in [9.17, 15) is 0 Å². The van der Waals surface area contributed by atoms with Crippen LogP contribution in [0.15, 0.2) is 24.3 Å². The van der Waals surface area contributed by atoms with Gasteiger partial charge < -0.3 is 5.32 Å². The van der Waals surface area contributed by atoms with Crippen LogP contribution in [0.25, 0.3) is 0 Å². The minimum Gasteiger partial charge on any atom is -0.317 e. The molecule has 1 saturated carbocycles. The normalized spacial score (nSPS) is 27.8. The molecule has 1 N–H and O–H groups in total. The van der Waals surface area contributed by atoms with Crippen LogP contribution in [-0.2, 0) is 6.42 Å². The van der Waals surface area contributed by atoms with Crippen LogP contribution in [0, 0.1) is 5.92 Å². The number of aryl methyl sites for hydroxylation is 1. The van der Waals surface area contributed by atoms with Crippen LogP contribution in [0.5, 0.6) is 0 Å². The molecule has 3 atom stereocenters. The van der Waals surface area contributed by atoms with Crippen molar-refractivity contribution in [3.63, 3.8) is 0 Å². The van der Waals surface area contributed by atoms with Crippen LogP contribution in [0.2, 0.25) is 0 Å². The molecule has 0 aliphatic heterocycles. The minimum atomic E-state index is 0.736. The molecule has 1 heteroatoms. The molecular weight excluding hydrogens is 206 g/mol. The fourth-order valence-corrected chi connectivity index (χ4v) is 3.21. The lowest BCUT2D eigenvalue weighted by atomic mass is 9.65. The summed E-state index contributed by atoms with van der Waals surface area (Å²) in [5.74, 6) is 1.62. The van der Waals surface area contributed by atoms with Crippen LogP contribution in [0.3, 0.4) is 0 Å². The molecule has 0 heterocycles. The van der Waals surface area contributed by atoms with E-state index in [1.807, 2.05) is 0 Å². The Labute approximate surface area is 106 Å². The summed E-state index contributed by atoms with van der Waals surface area (Å²) in [7, 11) is 2.09. The van der Waals surface area contributed by atoms with Crippen LogP contribution in [0.1, 0.15) is 50.2 Å². The predicted octanol–water partition coefficient (Wildman–Crippen LogP) is 3.74. The van der Waals surface area contributed by atoms with E-state index in [0.29, 0.717) is 0 Å². The Kier molecular flexibility index (Phi) is 4.22. The third-order valence-electron chi connectivity index (χ3n) is 4.33. The van der Waals surface area contributed by atoms with E-state index in [-0.39, 0.29) is 0 Å². The van der Waals surface area contributed by atoms with Gasteiger partial charge >= 0.3 is 0 Å². The molecule has 94 valence electrons. The van der Waals surface area contributed by atoms with E-state index in [0.717, 1.165) is 17.9 Å². The van der Waals surface area contributed by atoms with E-state index in [4.69, 9.17) is 0 Å². The second-order valence-corrected chi connectivity index (χ2v) is 5.30. The fourth-order valence-electron chi connectivity index (χ4n) is 3.21. The first-order valence-corrected chi connectivity index (χ1v) is 7.06. The first-order chi connectivity index (χ1) is 8.30. The van der Waals surface area contributed by atoms with Gasteiger partial charge in [-0.15, -0.1) is 0 Å². The highest BCUT2D eigenvalue weighted by Crippen LogP contribution is 2.44. The van der Waals surface area contributed by atoms with E-state index in [2.05, 4.69) is 50.5 Å². The smallest absolute Gasteiger partial charge is 0.0104 e. The highest BCUT2D eigenvalue weighted by Gasteiger charge is 2.39. The van der Waals surface area contributed by atoms with Gasteiger partial charge in [0.05, 0.1) is 0 Å². The molecule has 3 unspecified atom stereocenters. The average molecular weight is 231 g/mol. The van der Waals surface area contributed by atoms with E-state index in [1.54, 1.807) is 5.56 Å². The van der Waals surface area contributed by atoms with Gasteiger partial charge in [0.15, 0.2) is 0 Å². The highest BCUT2D eigenvalue weighted by molar-refractivity contribution is 5.28. The Bertz CT molecular complexity index is 341. The number of benzene rings is 1. The van der Waals surface area contributed by atoms with Crippen molar-refractivity contribution in [3.8, 4) is 0 Å². The SMILES string of the molecule is CCCc1ccc(C2CC(NC)C2CC)cc1. The quantitative estimate of drug-likeness (QED) is 0.814. The second-order valence-electron chi connectivity index (χ2n) is 5.30. The van der Waals surface area contributed by atoms with Gasteiger partial charge in [0.25, 0.3) is 0 Å². The molecule has 0 saturated heterocycles. The third kappa shape index (κ3) is 2.55. The second kappa shape index (κ2) is 5.68. The molecule has 0 radical (unpaired) electrons. The van der Waals surface area contributed by atoms with E-state index in [1.165, 1.54) is 31.2 Å². The molecule has 1 aromatic rings. The van der Waals surface area contributed by atoms with Crippen molar-refractivity contribution in [1.29, 1.82) is 0 Å². The summed E-state index contributed by atoms with van der Waals surface area (Å²) in [5.41, 5.74) is 3.02. The fraction of sp³-hybridized carbons (Fsp3) is 0.625. The standard InChI is InChI=1S/C16H25N/c1-4-6-12-7-9-13(10-8-12)15-11-16(17-3)14(15)5-2/h7-10,14-17H,4-6,11H2,1-3H3. The molecular formula is C16H25N. The largest absolute Gasteiger partial charge is 0.317 e. The van der Waals surface area contributed by atoms with Gasteiger partial charge in [0.2, 0.25) is 0 Å². The summed E-state index contributed by atoms with van der Waals surface area (Å²) in [6.07, 6.45) is 5.04. The van der Waals surface area contributed by atoms with Crippen molar-refractivity contribution in [2.45, 2.75) is 51.5 Å². The molecule has 1 nitrogen and oxygen atoms in total. The molecule has 0 bridgehead atoms. The zero-order valence-corrected chi connectivity index (χ0v) is 11.4. The molecule has 0 aromatic heterocycles. The molecule has 17 heavy (non-hydrogen) atoms. The maximum absolute atomic E-state index is 3.43. The van der Waals surface area contributed by atoms with Crippen molar-refractivity contribution in [1.82, 2.24) is 5.32 Å². The molecule has 1 fully saturated rings. The first kappa shape index (κ1) is 12.6. The van der Waals surface area contributed by atoms with E-state index < -0.39 is 0 Å². The lowest BCUT2D eigenvalue weighted by Gasteiger charge is -2.45. The Hall–Kier alpha value is -0.820. The van der Waals surface area contributed by atoms with Crippen molar-refractivity contribution in [2.75, 3.05) is 7.05 Å². The lowest BCUT2D eigenvalue weighted by molar-refractivity contribution is 0.169. The predicted molar refractivity (Wildman–Crippen MR) is 74.4 cm³/mol. The summed E-state index contributed by atoms with van der Waals surface area (Å²) in [5, 5.41) is 3.43. The maximum atomic E-state index is 3.43. The van der Waals surface area contributed by atoms with E-state index >= 15 is 0 Å². The summed E-state index contributed by atoms with van der Waals surface area (Å²) in [6.45, 7) is 4.55. The minimum absolute atomic E-state index is 0.736. The zero-order valence-electron chi connectivity index (χ0n) is 11.4. The number of hydrogen-bond donors (Lipinski definition) is 1. The Morgan fingerprint density at radius 1 is 1.18 bits per heavy atom. The average Bonchev–Trinajstić information content (AvgIpc) is 2.31. The molecule has 0 amide bonds. The van der Waals surface area contributed by atoms with Gasteiger partial charge in [-0.25, -0.2) is 0 Å². The zero-order chi connectivity index (χ0) is 12.3. The highest BCUT2D eigenvalue weighted by atomic mass is 14.9. The van der Waals surface area contributed by atoms with Crippen LogP contribution in [-0.4, -0.2) is 13.1 Å². The number of hydrogen-bond acceptors (Lipinski definition) is 1. The van der Waals surface area contributed by atoms with Gasteiger partial charge in [-0.05, 0) is 42.9 Å². The van der Waals surface area contributed by atoms with Crippen LogP contribution < -0.4 is 5.32 Å². The first-order valence-electron chi connectivity index (χ1n) is 7.06. The molecule has 2 rings (SSSR count).